The normalized spacial score (nSPS) is 10.4. The maximum absolute atomic E-state index is 13.3. The lowest BCUT2D eigenvalue weighted by molar-refractivity contribution is 0.258. The first kappa shape index (κ1) is 13.1. The fourth-order valence-corrected chi connectivity index (χ4v) is 1.97. The van der Waals surface area contributed by atoms with Crippen molar-refractivity contribution >= 4 is 15.9 Å². The fraction of sp³-hybridized carbons (Fsp3) is 0.143. The van der Waals surface area contributed by atoms with Crippen LogP contribution in [0.4, 0.5) is 4.39 Å². The van der Waals surface area contributed by atoms with Gasteiger partial charge in [-0.05, 0) is 28.1 Å². The molecule has 0 bridgehead atoms. The van der Waals surface area contributed by atoms with Crippen LogP contribution in [-0.2, 0) is 13.2 Å². The van der Waals surface area contributed by atoms with Crippen LogP contribution in [0.2, 0.25) is 0 Å². The Bertz CT molecular complexity index is 543. The Labute approximate surface area is 113 Å². The van der Waals surface area contributed by atoms with E-state index in [-0.39, 0.29) is 19.0 Å². The van der Waals surface area contributed by atoms with Crippen molar-refractivity contribution in [2.24, 2.45) is 0 Å². The predicted molar refractivity (Wildman–Crippen MR) is 70.8 cm³/mol. The lowest BCUT2D eigenvalue weighted by Gasteiger charge is -2.11. The van der Waals surface area contributed by atoms with Gasteiger partial charge in [-0.25, -0.2) is 4.39 Å². The van der Waals surface area contributed by atoms with Gasteiger partial charge in [0.1, 0.15) is 18.2 Å². The SMILES string of the molecule is OCc1ccccc1OCc1cccc(F)c1Br. The van der Waals surface area contributed by atoms with Crippen LogP contribution in [0.25, 0.3) is 0 Å². The Balaban J connectivity index is 2.14. The van der Waals surface area contributed by atoms with Crippen molar-refractivity contribution in [1.29, 1.82) is 0 Å². The minimum absolute atomic E-state index is 0.0828. The largest absolute Gasteiger partial charge is 0.488 e. The van der Waals surface area contributed by atoms with Crippen LogP contribution in [0.5, 0.6) is 5.75 Å². The highest BCUT2D eigenvalue weighted by Gasteiger charge is 2.07. The first-order valence-electron chi connectivity index (χ1n) is 5.47. The van der Waals surface area contributed by atoms with E-state index in [2.05, 4.69) is 15.9 Å². The third-order valence-electron chi connectivity index (χ3n) is 2.56. The number of hydrogen-bond donors (Lipinski definition) is 1. The molecule has 2 aromatic rings. The van der Waals surface area contributed by atoms with Gasteiger partial charge in [0.25, 0.3) is 0 Å². The van der Waals surface area contributed by atoms with E-state index >= 15 is 0 Å². The average molecular weight is 311 g/mol. The van der Waals surface area contributed by atoms with Gasteiger partial charge in [-0.1, -0.05) is 30.3 Å². The van der Waals surface area contributed by atoms with Crippen molar-refractivity contribution in [3.63, 3.8) is 0 Å². The van der Waals surface area contributed by atoms with E-state index in [1.54, 1.807) is 24.3 Å². The fourth-order valence-electron chi connectivity index (χ4n) is 1.59. The van der Waals surface area contributed by atoms with Crippen molar-refractivity contribution in [3.05, 3.63) is 63.9 Å². The van der Waals surface area contributed by atoms with Crippen LogP contribution in [0, 0.1) is 5.82 Å². The monoisotopic (exact) mass is 310 g/mol. The van der Waals surface area contributed by atoms with Gasteiger partial charge in [0.15, 0.2) is 0 Å². The zero-order valence-electron chi connectivity index (χ0n) is 9.57. The van der Waals surface area contributed by atoms with Crippen LogP contribution >= 0.6 is 15.9 Å². The molecular formula is C14H12BrFO2. The number of benzene rings is 2. The second-order valence-corrected chi connectivity index (χ2v) is 4.56. The van der Waals surface area contributed by atoms with Crippen LogP contribution < -0.4 is 4.74 Å². The standard InChI is InChI=1S/C14H12BrFO2/c15-14-11(5-3-6-12(14)16)9-18-13-7-2-1-4-10(13)8-17/h1-7,17H,8-9H2. The van der Waals surface area contributed by atoms with Crippen LogP contribution in [-0.4, -0.2) is 5.11 Å². The molecule has 0 radical (unpaired) electrons. The summed E-state index contributed by atoms with van der Waals surface area (Å²) in [6, 6.07) is 12.0. The summed E-state index contributed by atoms with van der Waals surface area (Å²) >= 11 is 3.18. The first-order valence-corrected chi connectivity index (χ1v) is 6.26. The number of aliphatic hydroxyl groups excluding tert-OH is 1. The Hall–Kier alpha value is -1.39. The topological polar surface area (TPSA) is 29.5 Å². The zero-order chi connectivity index (χ0) is 13.0. The molecule has 2 nitrogen and oxygen atoms in total. The molecule has 0 saturated carbocycles. The Morgan fingerprint density at radius 1 is 1.06 bits per heavy atom. The summed E-state index contributed by atoms with van der Waals surface area (Å²) in [6.45, 7) is 0.163. The molecule has 0 aliphatic carbocycles. The third-order valence-corrected chi connectivity index (χ3v) is 3.45. The highest BCUT2D eigenvalue weighted by Crippen LogP contribution is 2.24. The molecule has 0 fully saturated rings. The maximum atomic E-state index is 13.3. The third kappa shape index (κ3) is 2.89. The summed E-state index contributed by atoms with van der Waals surface area (Å²) in [5.41, 5.74) is 1.44. The van der Waals surface area contributed by atoms with E-state index in [9.17, 15) is 4.39 Å². The van der Waals surface area contributed by atoms with Crippen molar-refractivity contribution in [2.45, 2.75) is 13.2 Å². The van der Waals surface area contributed by atoms with E-state index < -0.39 is 0 Å². The number of hydrogen-bond acceptors (Lipinski definition) is 2. The number of ether oxygens (including phenoxy) is 1. The molecule has 0 spiro atoms. The number of rotatable bonds is 4. The number of halogens is 2. The van der Waals surface area contributed by atoms with Crippen molar-refractivity contribution in [1.82, 2.24) is 0 Å². The van der Waals surface area contributed by atoms with E-state index in [0.717, 1.165) is 5.56 Å². The highest BCUT2D eigenvalue weighted by molar-refractivity contribution is 9.10. The molecule has 0 unspecified atom stereocenters. The summed E-state index contributed by atoms with van der Waals surface area (Å²) in [4.78, 5) is 0. The molecule has 0 aromatic heterocycles. The lowest BCUT2D eigenvalue weighted by Crippen LogP contribution is -2.00. The van der Waals surface area contributed by atoms with Gasteiger partial charge in [0.05, 0.1) is 11.1 Å². The lowest BCUT2D eigenvalue weighted by atomic mass is 10.2. The van der Waals surface area contributed by atoms with Gasteiger partial charge in [-0.2, -0.15) is 0 Å². The van der Waals surface area contributed by atoms with Gasteiger partial charge in [0.2, 0.25) is 0 Å². The molecule has 0 aliphatic rings. The molecule has 0 aliphatic heterocycles. The first-order chi connectivity index (χ1) is 8.72. The van der Waals surface area contributed by atoms with Crippen LogP contribution in [0.3, 0.4) is 0 Å². The highest BCUT2D eigenvalue weighted by atomic mass is 79.9. The maximum Gasteiger partial charge on any atom is 0.137 e. The van der Waals surface area contributed by atoms with Crippen LogP contribution in [0.15, 0.2) is 46.9 Å². The van der Waals surface area contributed by atoms with Crippen LogP contribution in [0.1, 0.15) is 11.1 Å². The predicted octanol–water partition coefficient (Wildman–Crippen LogP) is 3.66. The minimum Gasteiger partial charge on any atom is -0.488 e. The molecule has 18 heavy (non-hydrogen) atoms. The summed E-state index contributed by atoms with van der Waals surface area (Å²) < 4.78 is 19.3. The van der Waals surface area contributed by atoms with Gasteiger partial charge in [0, 0.05) is 11.1 Å². The molecule has 0 atom stereocenters. The number of para-hydroxylation sites is 1. The second kappa shape index (κ2) is 5.98. The molecule has 94 valence electrons. The van der Waals surface area contributed by atoms with Gasteiger partial charge < -0.3 is 9.84 Å². The average Bonchev–Trinajstić information content (AvgIpc) is 2.41. The van der Waals surface area contributed by atoms with E-state index in [1.807, 2.05) is 12.1 Å². The molecule has 2 aromatic carbocycles. The summed E-state index contributed by atoms with van der Waals surface area (Å²) in [5, 5.41) is 9.17. The molecule has 4 heteroatoms. The molecule has 0 saturated heterocycles. The molecular weight excluding hydrogens is 299 g/mol. The molecule has 1 N–H and O–H groups in total. The van der Waals surface area contributed by atoms with E-state index in [0.29, 0.717) is 15.8 Å². The van der Waals surface area contributed by atoms with E-state index in [4.69, 9.17) is 9.84 Å². The summed E-state index contributed by atoms with van der Waals surface area (Å²) in [6.07, 6.45) is 0. The Morgan fingerprint density at radius 3 is 2.56 bits per heavy atom. The van der Waals surface area contributed by atoms with Crippen molar-refractivity contribution in [2.75, 3.05) is 0 Å². The molecule has 2 rings (SSSR count). The smallest absolute Gasteiger partial charge is 0.137 e. The summed E-state index contributed by atoms with van der Waals surface area (Å²) in [7, 11) is 0. The van der Waals surface area contributed by atoms with Gasteiger partial charge in [-0.15, -0.1) is 0 Å². The minimum atomic E-state index is -0.313. The zero-order valence-corrected chi connectivity index (χ0v) is 11.2. The van der Waals surface area contributed by atoms with Gasteiger partial charge in [-0.3, -0.25) is 0 Å². The van der Waals surface area contributed by atoms with Gasteiger partial charge >= 0.3 is 0 Å². The quantitative estimate of drug-likeness (QED) is 0.934. The summed E-state index contributed by atoms with van der Waals surface area (Å²) in [5.74, 6) is 0.294. The Morgan fingerprint density at radius 2 is 1.78 bits per heavy atom. The molecule has 0 amide bonds. The van der Waals surface area contributed by atoms with Crippen molar-refractivity contribution < 1.29 is 14.2 Å². The molecule has 0 heterocycles. The van der Waals surface area contributed by atoms with E-state index in [1.165, 1.54) is 6.07 Å². The second-order valence-electron chi connectivity index (χ2n) is 3.77. The Kier molecular flexibility index (Phi) is 4.33. The number of aliphatic hydroxyl groups is 1. The van der Waals surface area contributed by atoms with Crippen molar-refractivity contribution in [3.8, 4) is 5.75 Å².